The van der Waals surface area contributed by atoms with Crippen molar-refractivity contribution in [2.24, 2.45) is 5.92 Å². The number of thiophene rings is 1. The second-order valence-electron chi connectivity index (χ2n) is 5.54. The lowest BCUT2D eigenvalue weighted by Crippen LogP contribution is -2.44. The Bertz CT molecular complexity index is 450. The number of piperidine rings is 1. The summed E-state index contributed by atoms with van der Waals surface area (Å²) in [7, 11) is 0. The topological polar surface area (TPSA) is 32.3 Å². The Morgan fingerprint density at radius 3 is 2.63 bits per heavy atom. The maximum absolute atomic E-state index is 11.7. The Balaban J connectivity index is 1.42. The number of carbonyl (C=O) groups excluding carboxylic acids is 1. The third-order valence-corrected chi connectivity index (χ3v) is 5.11. The van der Waals surface area contributed by atoms with Gasteiger partial charge in [-0.3, -0.25) is 9.69 Å². The van der Waals surface area contributed by atoms with E-state index in [1.165, 1.54) is 4.88 Å². The fourth-order valence-corrected chi connectivity index (χ4v) is 3.69. The van der Waals surface area contributed by atoms with Crippen molar-refractivity contribution in [1.29, 1.82) is 0 Å². The minimum Gasteiger partial charge on any atom is -0.353 e. The molecule has 1 saturated carbocycles. The molecule has 0 atom stereocenters. The van der Waals surface area contributed by atoms with Crippen LogP contribution in [0, 0.1) is 5.92 Å². The Kier molecular flexibility index (Phi) is 4.10. The number of carbonyl (C=O) groups is 1. The van der Waals surface area contributed by atoms with Crippen molar-refractivity contribution in [2.45, 2.75) is 38.3 Å². The van der Waals surface area contributed by atoms with Gasteiger partial charge in [-0.25, -0.2) is 0 Å². The van der Waals surface area contributed by atoms with Crippen LogP contribution < -0.4 is 5.32 Å². The van der Waals surface area contributed by atoms with E-state index in [4.69, 9.17) is 11.6 Å². The van der Waals surface area contributed by atoms with Crippen LogP contribution in [0.4, 0.5) is 0 Å². The van der Waals surface area contributed by atoms with E-state index in [1.54, 1.807) is 11.3 Å². The zero-order valence-electron chi connectivity index (χ0n) is 10.9. The molecule has 3 rings (SSSR count). The van der Waals surface area contributed by atoms with E-state index in [1.807, 2.05) is 6.07 Å². The molecule has 3 nitrogen and oxygen atoms in total. The van der Waals surface area contributed by atoms with Crippen LogP contribution in [0.3, 0.4) is 0 Å². The van der Waals surface area contributed by atoms with E-state index in [0.717, 1.165) is 49.7 Å². The van der Waals surface area contributed by atoms with Gasteiger partial charge in [-0.1, -0.05) is 11.6 Å². The molecule has 0 unspecified atom stereocenters. The number of hydrogen-bond acceptors (Lipinski definition) is 3. The summed E-state index contributed by atoms with van der Waals surface area (Å²) < 4.78 is 0.863. The monoisotopic (exact) mass is 298 g/mol. The first kappa shape index (κ1) is 13.4. The molecule has 0 bridgehead atoms. The summed E-state index contributed by atoms with van der Waals surface area (Å²) in [6, 6.07) is 4.45. The van der Waals surface area contributed by atoms with Crippen molar-refractivity contribution in [3.8, 4) is 0 Å². The van der Waals surface area contributed by atoms with E-state index in [-0.39, 0.29) is 5.91 Å². The third-order valence-electron chi connectivity index (χ3n) is 3.89. The number of nitrogens with zero attached hydrogens (tertiary/aromatic N) is 1. The molecule has 1 amide bonds. The van der Waals surface area contributed by atoms with Crippen LogP contribution in [0.5, 0.6) is 0 Å². The molecule has 1 N–H and O–H groups in total. The van der Waals surface area contributed by atoms with Gasteiger partial charge in [-0.2, -0.15) is 0 Å². The molecule has 1 aromatic rings. The molecule has 1 aromatic heterocycles. The van der Waals surface area contributed by atoms with Crippen molar-refractivity contribution in [1.82, 2.24) is 10.2 Å². The highest BCUT2D eigenvalue weighted by molar-refractivity contribution is 7.16. The summed E-state index contributed by atoms with van der Waals surface area (Å²) in [6.45, 7) is 3.11. The zero-order chi connectivity index (χ0) is 13.2. The average Bonchev–Trinajstić information content (AvgIpc) is 3.17. The molecule has 104 valence electrons. The minimum atomic E-state index is 0.281. The summed E-state index contributed by atoms with van der Waals surface area (Å²) in [5.74, 6) is 0.606. The van der Waals surface area contributed by atoms with Gasteiger partial charge < -0.3 is 5.32 Å². The normalized spacial score (nSPS) is 21.5. The molecule has 5 heteroatoms. The van der Waals surface area contributed by atoms with Gasteiger partial charge in [-0.05, 0) is 37.8 Å². The molecule has 0 radical (unpaired) electrons. The number of halogens is 1. The van der Waals surface area contributed by atoms with E-state index in [2.05, 4.69) is 16.3 Å². The van der Waals surface area contributed by atoms with Crippen LogP contribution in [-0.2, 0) is 11.3 Å². The molecule has 2 aliphatic rings. The van der Waals surface area contributed by atoms with Crippen LogP contribution in [0.15, 0.2) is 12.1 Å². The van der Waals surface area contributed by atoms with Crippen LogP contribution in [0.25, 0.3) is 0 Å². The predicted octanol–water partition coefficient (Wildman–Crippen LogP) is 2.89. The Morgan fingerprint density at radius 1 is 1.32 bits per heavy atom. The number of hydrogen-bond donors (Lipinski definition) is 1. The third kappa shape index (κ3) is 3.71. The van der Waals surface area contributed by atoms with Gasteiger partial charge in [0.1, 0.15) is 0 Å². The maximum atomic E-state index is 11.7. The van der Waals surface area contributed by atoms with Crippen molar-refractivity contribution < 1.29 is 4.79 Å². The standard InChI is InChI=1S/C14H19ClN2OS/c15-13-4-3-12(19-13)9-17-7-5-11(6-8-17)16-14(18)10-1-2-10/h3-4,10-11H,1-2,5-9H2,(H,16,18). The number of amides is 1. The highest BCUT2D eigenvalue weighted by Gasteiger charge is 2.31. The lowest BCUT2D eigenvalue weighted by Gasteiger charge is -2.32. The maximum Gasteiger partial charge on any atom is 0.223 e. The molecule has 19 heavy (non-hydrogen) atoms. The van der Waals surface area contributed by atoms with Gasteiger partial charge in [0.15, 0.2) is 0 Å². The van der Waals surface area contributed by atoms with Crippen molar-refractivity contribution in [3.63, 3.8) is 0 Å². The summed E-state index contributed by atoms with van der Waals surface area (Å²) in [5, 5.41) is 3.19. The van der Waals surface area contributed by atoms with Crippen LogP contribution in [0.1, 0.15) is 30.6 Å². The Morgan fingerprint density at radius 2 is 2.05 bits per heavy atom. The summed E-state index contributed by atoms with van der Waals surface area (Å²) in [6.07, 6.45) is 4.31. The molecule has 0 spiro atoms. The molecular weight excluding hydrogens is 280 g/mol. The average molecular weight is 299 g/mol. The number of nitrogens with one attached hydrogen (secondary N) is 1. The fourth-order valence-electron chi connectivity index (χ4n) is 2.56. The van der Waals surface area contributed by atoms with Crippen molar-refractivity contribution in [2.75, 3.05) is 13.1 Å². The van der Waals surface area contributed by atoms with Crippen LogP contribution >= 0.6 is 22.9 Å². The SMILES string of the molecule is O=C(NC1CCN(Cc2ccc(Cl)s2)CC1)C1CC1. The first-order valence-corrected chi connectivity index (χ1v) is 8.17. The van der Waals surface area contributed by atoms with E-state index in [9.17, 15) is 4.79 Å². The predicted molar refractivity (Wildman–Crippen MR) is 78.5 cm³/mol. The molecule has 1 aliphatic carbocycles. The molecule has 1 aliphatic heterocycles. The minimum absolute atomic E-state index is 0.281. The van der Waals surface area contributed by atoms with Crippen molar-refractivity contribution >= 4 is 28.8 Å². The van der Waals surface area contributed by atoms with Crippen LogP contribution in [-0.4, -0.2) is 29.9 Å². The quantitative estimate of drug-likeness (QED) is 0.927. The molecule has 2 heterocycles. The summed E-state index contributed by atoms with van der Waals surface area (Å²) >= 11 is 7.61. The molecule has 2 fully saturated rings. The van der Waals surface area contributed by atoms with Gasteiger partial charge in [-0.15, -0.1) is 11.3 Å². The summed E-state index contributed by atoms with van der Waals surface area (Å²) in [5.41, 5.74) is 0. The first-order chi connectivity index (χ1) is 9.20. The highest BCUT2D eigenvalue weighted by atomic mass is 35.5. The zero-order valence-corrected chi connectivity index (χ0v) is 12.5. The number of rotatable bonds is 4. The second kappa shape index (κ2) is 5.81. The highest BCUT2D eigenvalue weighted by Crippen LogP contribution is 2.29. The lowest BCUT2D eigenvalue weighted by atomic mass is 10.0. The first-order valence-electron chi connectivity index (χ1n) is 6.97. The molecule has 0 aromatic carbocycles. The van der Waals surface area contributed by atoms with Gasteiger partial charge in [0.25, 0.3) is 0 Å². The van der Waals surface area contributed by atoms with Gasteiger partial charge in [0.2, 0.25) is 5.91 Å². The second-order valence-corrected chi connectivity index (χ2v) is 7.34. The van der Waals surface area contributed by atoms with Gasteiger partial charge in [0.05, 0.1) is 4.34 Å². The Hall–Kier alpha value is -0.580. The van der Waals surface area contributed by atoms with E-state index in [0.29, 0.717) is 12.0 Å². The smallest absolute Gasteiger partial charge is 0.223 e. The van der Waals surface area contributed by atoms with Crippen molar-refractivity contribution in [3.05, 3.63) is 21.3 Å². The lowest BCUT2D eigenvalue weighted by molar-refractivity contribution is -0.123. The fraction of sp³-hybridized carbons (Fsp3) is 0.643. The van der Waals surface area contributed by atoms with E-state index >= 15 is 0 Å². The van der Waals surface area contributed by atoms with Gasteiger partial charge >= 0.3 is 0 Å². The van der Waals surface area contributed by atoms with Crippen LogP contribution in [0.2, 0.25) is 4.34 Å². The van der Waals surface area contributed by atoms with E-state index < -0.39 is 0 Å². The molecular formula is C14H19ClN2OS. The Labute approximate surface area is 122 Å². The number of likely N-dealkylation sites (tertiary alicyclic amines) is 1. The molecule has 1 saturated heterocycles. The van der Waals surface area contributed by atoms with Gasteiger partial charge in [0, 0.05) is 36.5 Å². The summed E-state index contributed by atoms with van der Waals surface area (Å²) in [4.78, 5) is 15.5. The largest absolute Gasteiger partial charge is 0.353 e.